The van der Waals surface area contributed by atoms with Crippen molar-refractivity contribution in [2.24, 2.45) is 0 Å². The zero-order valence-corrected chi connectivity index (χ0v) is 24.7. The molecule has 1 aromatic carbocycles. The summed E-state index contributed by atoms with van der Waals surface area (Å²) in [6.45, 7) is 12.6. The number of Topliss-reactive ketones (excluding diaryl/α,β-unsaturated/α-hetero) is 1. The molecule has 0 aliphatic carbocycles. The van der Waals surface area contributed by atoms with E-state index in [-0.39, 0.29) is 17.6 Å². The molecule has 5 heterocycles. The van der Waals surface area contributed by atoms with Gasteiger partial charge >= 0.3 is 0 Å². The van der Waals surface area contributed by atoms with Gasteiger partial charge in [0.15, 0.2) is 4.96 Å². The van der Waals surface area contributed by atoms with Gasteiger partial charge in [-0.05, 0) is 12.5 Å². The van der Waals surface area contributed by atoms with Crippen LogP contribution in [0.5, 0.6) is 0 Å². The number of thiazole rings is 1. The second-order valence-electron chi connectivity index (χ2n) is 11.7. The number of nitrogens with one attached hydrogen (secondary N) is 1. The van der Waals surface area contributed by atoms with Crippen molar-refractivity contribution < 1.29 is 14.1 Å². The van der Waals surface area contributed by atoms with Gasteiger partial charge < -0.3 is 14.6 Å². The summed E-state index contributed by atoms with van der Waals surface area (Å²) in [6.07, 6.45) is 4.48. The summed E-state index contributed by atoms with van der Waals surface area (Å²) in [7, 11) is 0. The van der Waals surface area contributed by atoms with E-state index in [2.05, 4.69) is 48.1 Å². The summed E-state index contributed by atoms with van der Waals surface area (Å²) in [6, 6.07) is 10.3. The monoisotopic (exact) mass is 573 g/mol. The molecule has 4 aromatic heterocycles. The Morgan fingerprint density at radius 3 is 2.76 bits per heavy atom. The number of hydrogen-bond donors (Lipinski definition) is 1. The van der Waals surface area contributed by atoms with E-state index in [1.165, 1.54) is 0 Å². The maximum atomic E-state index is 12.7. The van der Waals surface area contributed by atoms with Crippen LogP contribution in [0.4, 0.5) is 5.95 Å². The SMILES string of the molecule is C[C@@H]1COCCN1CCNc1ncc2c(n1)sc1nc(-c3ccc(CC(=O)Cc4cc(C(C)(C)C)on4)cc3)cn12. The minimum absolute atomic E-state index is 0.102. The third-order valence-electron chi connectivity index (χ3n) is 7.37. The van der Waals surface area contributed by atoms with Crippen LogP contribution in [0.15, 0.2) is 47.2 Å². The second-order valence-corrected chi connectivity index (χ2v) is 12.6. The van der Waals surface area contributed by atoms with Crippen LogP contribution in [-0.4, -0.2) is 74.1 Å². The molecule has 1 fully saturated rings. The summed E-state index contributed by atoms with van der Waals surface area (Å²) in [4.78, 5) is 30.9. The van der Waals surface area contributed by atoms with E-state index in [0.29, 0.717) is 24.1 Å². The van der Waals surface area contributed by atoms with E-state index in [4.69, 9.17) is 19.2 Å². The van der Waals surface area contributed by atoms with Crippen molar-refractivity contribution in [3.63, 3.8) is 0 Å². The highest BCUT2D eigenvalue weighted by atomic mass is 32.1. The van der Waals surface area contributed by atoms with Crippen molar-refractivity contribution in [1.82, 2.24) is 29.4 Å². The zero-order chi connectivity index (χ0) is 28.6. The van der Waals surface area contributed by atoms with Crippen molar-refractivity contribution >= 4 is 38.4 Å². The molecule has 0 bridgehead atoms. The Bertz CT molecular complexity index is 1670. The normalized spacial score (nSPS) is 16.5. The summed E-state index contributed by atoms with van der Waals surface area (Å²) in [5.41, 5.74) is 4.30. The number of hydrogen-bond acceptors (Lipinski definition) is 10. The molecule has 1 aliphatic rings. The van der Waals surface area contributed by atoms with Crippen LogP contribution in [0.2, 0.25) is 0 Å². The minimum Gasteiger partial charge on any atom is -0.379 e. The van der Waals surface area contributed by atoms with Crippen LogP contribution in [0.3, 0.4) is 0 Å². The molecule has 1 N–H and O–H groups in total. The van der Waals surface area contributed by atoms with E-state index in [9.17, 15) is 4.79 Å². The number of ether oxygens (including phenoxy) is 1. The molecule has 0 saturated carbocycles. The van der Waals surface area contributed by atoms with Crippen molar-refractivity contribution in [2.45, 2.75) is 52.0 Å². The average Bonchev–Trinajstić information content (AvgIpc) is 3.65. The largest absolute Gasteiger partial charge is 0.379 e. The lowest BCUT2D eigenvalue weighted by atomic mass is 9.93. The summed E-state index contributed by atoms with van der Waals surface area (Å²) >= 11 is 1.54. The number of morpholine rings is 1. The Morgan fingerprint density at radius 2 is 2.00 bits per heavy atom. The lowest BCUT2D eigenvalue weighted by molar-refractivity contribution is -0.117. The van der Waals surface area contributed by atoms with Crippen LogP contribution in [-0.2, 0) is 27.8 Å². The number of anilines is 1. The maximum Gasteiger partial charge on any atom is 0.224 e. The summed E-state index contributed by atoms with van der Waals surface area (Å²) < 4.78 is 13.0. The number of fused-ring (bicyclic) bond motifs is 3. The molecule has 1 saturated heterocycles. The third-order valence-corrected chi connectivity index (χ3v) is 8.34. The molecular formula is C30H35N7O3S. The minimum atomic E-state index is -0.132. The smallest absolute Gasteiger partial charge is 0.224 e. The van der Waals surface area contributed by atoms with Crippen LogP contribution in [0.25, 0.3) is 26.6 Å². The fraction of sp³-hybridized carbons (Fsp3) is 0.433. The lowest BCUT2D eigenvalue weighted by Gasteiger charge is -2.33. The first-order valence-electron chi connectivity index (χ1n) is 14.0. The van der Waals surface area contributed by atoms with E-state index >= 15 is 0 Å². The molecule has 11 heteroatoms. The standard InChI is InChI=1S/C30H35N7O3S/c1-19-18-39-12-11-36(19)10-9-31-28-32-16-25-27(34-28)41-29-33-24(17-37(25)29)21-7-5-20(6-8-21)13-23(38)14-22-15-26(40-35-22)30(2,3)4/h5-8,15-17,19H,9-14,18H2,1-4H3,(H,31,32,34)/t19-/m1/s1. The number of ketones is 1. The Hall–Kier alpha value is -3.67. The fourth-order valence-electron chi connectivity index (χ4n) is 4.96. The van der Waals surface area contributed by atoms with Gasteiger partial charge in [0, 0.05) is 55.3 Å². The molecule has 0 amide bonds. The van der Waals surface area contributed by atoms with Gasteiger partial charge in [0.05, 0.1) is 37.2 Å². The molecule has 6 rings (SSSR count). The first-order chi connectivity index (χ1) is 19.7. The van der Waals surface area contributed by atoms with Crippen molar-refractivity contribution in [2.75, 3.05) is 38.2 Å². The molecule has 0 unspecified atom stereocenters. The topological polar surface area (TPSA) is 111 Å². The Kier molecular flexibility index (Phi) is 7.58. The predicted octanol–water partition coefficient (Wildman–Crippen LogP) is 4.78. The van der Waals surface area contributed by atoms with E-state index in [1.54, 1.807) is 11.3 Å². The molecule has 0 spiro atoms. The number of aromatic nitrogens is 5. The lowest BCUT2D eigenvalue weighted by Crippen LogP contribution is -2.45. The van der Waals surface area contributed by atoms with Crippen molar-refractivity contribution in [1.29, 1.82) is 0 Å². The van der Waals surface area contributed by atoms with Gasteiger partial charge in [-0.3, -0.25) is 14.1 Å². The molecule has 41 heavy (non-hydrogen) atoms. The van der Waals surface area contributed by atoms with Crippen LogP contribution in [0, 0.1) is 0 Å². The quantitative estimate of drug-likeness (QED) is 0.266. The fourth-order valence-corrected chi connectivity index (χ4v) is 5.91. The molecule has 1 atom stereocenters. The summed E-state index contributed by atoms with van der Waals surface area (Å²) in [5, 5.41) is 7.43. The maximum absolute atomic E-state index is 12.7. The number of nitrogens with zero attached hydrogens (tertiary/aromatic N) is 6. The zero-order valence-electron chi connectivity index (χ0n) is 23.9. The van der Waals surface area contributed by atoms with Crippen LogP contribution < -0.4 is 5.32 Å². The molecule has 1 aliphatic heterocycles. The highest BCUT2D eigenvalue weighted by Gasteiger charge is 2.21. The highest BCUT2D eigenvalue weighted by Crippen LogP contribution is 2.29. The van der Waals surface area contributed by atoms with Gasteiger partial charge in [-0.15, -0.1) is 0 Å². The van der Waals surface area contributed by atoms with Crippen LogP contribution >= 0.6 is 11.3 Å². The van der Waals surface area contributed by atoms with Gasteiger partial charge in [0.25, 0.3) is 0 Å². The third kappa shape index (κ3) is 6.17. The highest BCUT2D eigenvalue weighted by molar-refractivity contribution is 7.23. The second kappa shape index (κ2) is 11.3. The number of carbonyl (C=O) groups excluding carboxylic acids is 1. The molecule has 5 aromatic rings. The van der Waals surface area contributed by atoms with Gasteiger partial charge in [-0.2, -0.15) is 0 Å². The van der Waals surface area contributed by atoms with Crippen molar-refractivity contribution in [3.8, 4) is 11.3 Å². The van der Waals surface area contributed by atoms with Crippen LogP contribution in [0.1, 0.15) is 44.7 Å². The molecular weight excluding hydrogens is 538 g/mol. The molecule has 0 radical (unpaired) electrons. The first-order valence-corrected chi connectivity index (χ1v) is 14.8. The van der Waals surface area contributed by atoms with Crippen molar-refractivity contribution in [3.05, 3.63) is 59.7 Å². The molecule has 214 valence electrons. The van der Waals surface area contributed by atoms with Gasteiger partial charge in [0.2, 0.25) is 5.95 Å². The van der Waals surface area contributed by atoms with E-state index in [0.717, 1.165) is 70.7 Å². The number of rotatable bonds is 9. The first kappa shape index (κ1) is 27.5. The number of benzene rings is 1. The summed E-state index contributed by atoms with van der Waals surface area (Å²) in [5.74, 6) is 1.52. The Labute approximate surface area is 242 Å². The Balaban J connectivity index is 1.08. The molecule has 10 nitrogen and oxygen atoms in total. The predicted molar refractivity (Wildman–Crippen MR) is 160 cm³/mol. The van der Waals surface area contributed by atoms with Gasteiger partial charge in [0.1, 0.15) is 21.9 Å². The Morgan fingerprint density at radius 1 is 1.17 bits per heavy atom. The van der Waals surface area contributed by atoms with E-state index in [1.807, 2.05) is 47.1 Å². The van der Waals surface area contributed by atoms with E-state index < -0.39 is 0 Å². The van der Waals surface area contributed by atoms with Gasteiger partial charge in [-0.25, -0.2) is 15.0 Å². The number of carbonyl (C=O) groups is 1. The van der Waals surface area contributed by atoms with Gasteiger partial charge in [-0.1, -0.05) is 61.5 Å². The number of imidazole rings is 1. The average molecular weight is 574 g/mol.